The van der Waals surface area contributed by atoms with E-state index in [0.717, 1.165) is 17.4 Å². The summed E-state index contributed by atoms with van der Waals surface area (Å²) < 4.78 is 0. The summed E-state index contributed by atoms with van der Waals surface area (Å²) in [6.45, 7) is 2.06. The molecule has 2 unspecified atom stereocenters. The van der Waals surface area contributed by atoms with Crippen molar-refractivity contribution in [2.45, 2.75) is 19.8 Å². The third-order valence-corrected chi connectivity index (χ3v) is 4.53. The van der Waals surface area contributed by atoms with Crippen molar-refractivity contribution in [2.24, 2.45) is 17.8 Å². The molecule has 0 aromatic heterocycles. The van der Waals surface area contributed by atoms with Crippen molar-refractivity contribution in [1.82, 2.24) is 0 Å². The number of ketones is 1. The van der Waals surface area contributed by atoms with Crippen molar-refractivity contribution < 1.29 is 4.79 Å². The fourth-order valence-electron chi connectivity index (χ4n) is 3.72. The van der Waals surface area contributed by atoms with Gasteiger partial charge in [0, 0.05) is 11.1 Å². The van der Waals surface area contributed by atoms with Crippen LogP contribution in [0, 0.1) is 24.7 Å². The molecule has 0 N–H and O–H groups in total. The number of allylic oxidation sites excluding steroid dienone is 2. The lowest BCUT2D eigenvalue weighted by Gasteiger charge is -2.07. The van der Waals surface area contributed by atoms with Gasteiger partial charge in [-0.25, -0.2) is 0 Å². The minimum absolute atomic E-state index is 0.308. The zero-order valence-electron chi connectivity index (χ0n) is 9.36. The second-order valence-electron chi connectivity index (χ2n) is 5.45. The Morgan fingerprint density at radius 1 is 1.12 bits per heavy atom. The molecule has 4 aliphatic carbocycles. The maximum atomic E-state index is 12.4. The molecule has 0 heterocycles. The van der Waals surface area contributed by atoms with Gasteiger partial charge in [0.2, 0.25) is 0 Å². The third kappa shape index (κ3) is 0.940. The topological polar surface area (TPSA) is 17.1 Å². The Labute approximate surface area is 95.2 Å². The third-order valence-electron chi connectivity index (χ3n) is 4.53. The zero-order valence-corrected chi connectivity index (χ0v) is 9.36. The van der Waals surface area contributed by atoms with E-state index >= 15 is 0 Å². The number of benzene rings is 1. The van der Waals surface area contributed by atoms with E-state index in [0.29, 0.717) is 11.7 Å². The van der Waals surface area contributed by atoms with Crippen LogP contribution in [0.1, 0.15) is 28.8 Å². The number of carbonyl (C=O) groups excluding carboxylic acids is 1. The Bertz CT molecular complexity index is 507. The second kappa shape index (κ2) is 2.65. The highest BCUT2D eigenvalue weighted by molar-refractivity contribution is 6.11. The first-order valence-electron chi connectivity index (χ1n) is 6.11. The molecule has 1 heteroatoms. The van der Waals surface area contributed by atoms with Crippen LogP contribution in [0.15, 0.2) is 35.4 Å². The molecule has 2 fully saturated rings. The maximum absolute atomic E-state index is 12.4. The van der Waals surface area contributed by atoms with Crippen LogP contribution in [0.2, 0.25) is 0 Å². The van der Waals surface area contributed by atoms with Gasteiger partial charge in [-0.3, -0.25) is 4.79 Å². The van der Waals surface area contributed by atoms with Gasteiger partial charge in [-0.2, -0.15) is 0 Å². The van der Waals surface area contributed by atoms with Gasteiger partial charge in [-0.05, 0) is 37.5 Å². The minimum atomic E-state index is 0.308. The van der Waals surface area contributed by atoms with Crippen molar-refractivity contribution in [2.75, 3.05) is 0 Å². The number of rotatable bonds is 2. The lowest BCUT2D eigenvalue weighted by atomic mass is 9.95. The zero-order chi connectivity index (χ0) is 10.9. The lowest BCUT2D eigenvalue weighted by molar-refractivity contribution is 0.102. The van der Waals surface area contributed by atoms with E-state index in [1.807, 2.05) is 24.3 Å². The highest BCUT2D eigenvalue weighted by Crippen LogP contribution is 2.69. The number of Topliss-reactive ketones (excluding diaryl/α,β-unsaturated/α-hetero) is 1. The molecule has 80 valence electrons. The molecule has 2 saturated carbocycles. The molecule has 0 radical (unpaired) electrons. The van der Waals surface area contributed by atoms with Crippen LogP contribution in [-0.4, -0.2) is 5.78 Å². The number of carbonyl (C=O) groups is 1. The van der Waals surface area contributed by atoms with Gasteiger partial charge in [0.05, 0.1) is 0 Å². The standard InChI is InChI=1S/C15H14O/c1-8-2-4-9(5-3-8)15(16)13-10-6-11-12(7-10)14(11)13/h2-5,10-12H,6-7H2,1H3. The smallest absolute Gasteiger partial charge is 0.189 e. The summed E-state index contributed by atoms with van der Waals surface area (Å²) in [6, 6.07) is 8.00. The van der Waals surface area contributed by atoms with E-state index in [9.17, 15) is 4.79 Å². The molecule has 4 aliphatic rings. The van der Waals surface area contributed by atoms with Crippen molar-refractivity contribution in [3.05, 3.63) is 46.5 Å². The Kier molecular flexibility index (Phi) is 1.45. The fraction of sp³-hybridized carbons (Fsp3) is 0.400. The van der Waals surface area contributed by atoms with E-state index in [4.69, 9.17) is 0 Å². The molecule has 4 bridgehead atoms. The van der Waals surface area contributed by atoms with E-state index in [2.05, 4.69) is 6.92 Å². The van der Waals surface area contributed by atoms with Gasteiger partial charge in [0.25, 0.3) is 0 Å². The van der Waals surface area contributed by atoms with Crippen LogP contribution in [0.5, 0.6) is 0 Å². The van der Waals surface area contributed by atoms with E-state index in [1.54, 1.807) is 0 Å². The first kappa shape index (κ1) is 8.74. The average Bonchev–Trinajstić information content (AvgIpc) is 2.74. The van der Waals surface area contributed by atoms with E-state index in [-0.39, 0.29) is 0 Å². The van der Waals surface area contributed by atoms with Crippen LogP contribution in [0.3, 0.4) is 0 Å². The quantitative estimate of drug-likeness (QED) is 0.685. The Balaban J connectivity index is 1.73. The predicted octanol–water partition coefficient (Wildman–Crippen LogP) is 3.14. The van der Waals surface area contributed by atoms with E-state index < -0.39 is 0 Å². The summed E-state index contributed by atoms with van der Waals surface area (Å²) in [5.74, 6) is 2.55. The molecule has 0 spiro atoms. The highest BCUT2D eigenvalue weighted by Gasteiger charge is 2.61. The SMILES string of the molecule is Cc1ccc(C(=O)C2=C3C4CC2CC34)cc1. The van der Waals surface area contributed by atoms with Gasteiger partial charge in [-0.15, -0.1) is 0 Å². The summed E-state index contributed by atoms with van der Waals surface area (Å²) in [5, 5.41) is 0. The van der Waals surface area contributed by atoms with Crippen molar-refractivity contribution in [1.29, 1.82) is 0 Å². The number of aryl methyl sites for hydroxylation is 1. The van der Waals surface area contributed by atoms with Crippen LogP contribution in [-0.2, 0) is 0 Å². The summed E-state index contributed by atoms with van der Waals surface area (Å²) in [4.78, 5) is 12.4. The first-order valence-corrected chi connectivity index (χ1v) is 6.11. The molecular weight excluding hydrogens is 196 g/mol. The summed E-state index contributed by atoms with van der Waals surface area (Å²) >= 11 is 0. The first-order chi connectivity index (χ1) is 7.75. The largest absolute Gasteiger partial charge is 0.289 e. The molecule has 1 aromatic rings. The molecule has 1 nitrogen and oxygen atoms in total. The molecule has 1 aromatic carbocycles. The molecule has 5 rings (SSSR count). The Hall–Kier alpha value is -1.37. The molecule has 2 atom stereocenters. The van der Waals surface area contributed by atoms with Crippen molar-refractivity contribution in [3.8, 4) is 0 Å². The van der Waals surface area contributed by atoms with Gasteiger partial charge >= 0.3 is 0 Å². The van der Waals surface area contributed by atoms with Gasteiger partial charge in [0.1, 0.15) is 0 Å². The molecule has 0 aliphatic heterocycles. The van der Waals surface area contributed by atoms with E-state index in [1.165, 1.54) is 29.6 Å². The lowest BCUT2D eigenvalue weighted by Crippen LogP contribution is -2.07. The van der Waals surface area contributed by atoms with Crippen LogP contribution < -0.4 is 0 Å². The summed E-state index contributed by atoms with van der Waals surface area (Å²) in [7, 11) is 0. The van der Waals surface area contributed by atoms with Crippen molar-refractivity contribution in [3.63, 3.8) is 0 Å². The molecule has 0 amide bonds. The predicted molar refractivity (Wildman–Crippen MR) is 62.2 cm³/mol. The molecule has 16 heavy (non-hydrogen) atoms. The van der Waals surface area contributed by atoms with Gasteiger partial charge in [0.15, 0.2) is 5.78 Å². The number of hydrogen-bond donors (Lipinski definition) is 0. The maximum Gasteiger partial charge on any atom is 0.189 e. The Morgan fingerprint density at radius 3 is 2.25 bits per heavy atom. The van der Waals surface area contributed by atoms with Crippen LogP contribution in [0.4, 0.5) is 0 Å². The van der Waals surface area contributed by atoms with Gasteiger partial charge in [-0.1, -0.05) is 35.4 Å². The monoisotopic (exact) mass is 210 g/mol. The van der Waals surface area contributed by atoms with Gasteiger partial charge < -0.3 is 0 Å². The summed E-state index contributed by atoms with van der Waals surface area (Å²) in [6.07, 6.45) is 2.54. The summed E-state index contributed by atoms with van der Waals surface area (Å²) in [5.41, 5.74) is 4.81. The van der Waals surface area contributed by atoms with Crippen LogP contribution in [0.25, 0.3) is 0 Å². The fourth-order valence-corrected chi connectivity index (χ4v) is 3.72. The Morgan fingerprint density at radius 2 is 1.75 bits per heavy atom. The van der Waals surface area contributed by atoms with Crippen molar-refractivity contribution >= 4 is 5.78 Å². The molecular formula is C15H14O. The second-order valence-corrected chi connectivity index (χ2v) is 5.45. The van der Waals surface area contributed by atoms with Crippen LogP contribution >= 0.6 is 0 Å². The minimum Gasteiger partial charge on any atom is -0.289 e. The number of hydrogen-bond acceptors (Lipinski definition) is 1. The normalized spacial score (nSPS) is 33.4. The average molecular weight is 210 g/mol. The highest BCUT2D eigenvalue weighted by atomic mass is 16.1. The molecule has 0 saturated heterocycles.